The fraction of sp³-hybridized carbons (Fsp3) is 0.273. The van der Waals surface area contributed by atoms with Gasteiger partial charge in [-0.1, -0.05) is 0 Å². The number of hydrogen-bond donors (Lipinski definition) is 0. The van der Waals surface area contributed by atoms with Crippen molar-refractivity contribution in [1.29, 1.82) is 0 Å². The second kappa shape index (κ2) is 6.47. The molecule has 0 spiro atoms. The maximum atomic E-state index is 10.5. The van der Waals surface area contributed by atoms with Crippen LogP contribution in [-0.4, -0.2) is 31.3 Å². The molecule has 4 nitrogen and oxygen atoms in total. The van der Waals surface area contributed by atoms with Crippen molar-refractivity contribution in [3.05, 3.63) is 24.3 Å². The third-order valence-electron chi connectivity index (χ3n) is 2.21. The lowest BCUT2D eigenvalue weighted by atomic mass is 10.3. The minimum atomic E-state index is -0.504. The van der Waals surface area contributed by atoms with Crippen LogP contribution in [0.15, 0.2) is 29.3 Å². The van der Waals surface area contributed by atoms with E-state index in [2.05, 4.69) is 9.89 Å². The first-order valence-electron chi connectivity index (χ1n) is 4.93. The summed E-state index contributed by atoms with van der Waals surface area (Å²) in [7, 11) is 0. The fourth-order valence-corrected chi connectivity index (χ4v) is 1.50. The molecule has 17 heavy (non-hydrogen) atoms. The quantitative estimate of drug-likeness (QED) is 0.790. The molecule has 1 aliphatic rings. The normalized spacial score (nSPS) is 13.4. The van der Waals surface area contributed by atoms with Crippen molar-refractivity contribution in [2.24, 2.45) is 4.99 Å². The first-order chi connectivity index (χ1) is 7.75. The van der Waals surface area contributed by atoms with Crippen LogP contribution in [0, 0.1) is 0 Å². The van der Waals surface area contributed by atoms with Gasteiger partial charge in [0.1, 0.15) is 5.75 Å². The molecule has 1 aliphatic heterocycles. The highest BCUT2D eigenvalue weighted by atomic mass is 35.5. The molecule has 0 amide bonds. The summed E-state index contributed by atoms with van der Waals surface area (Å²) in [6, 6.07) is 7.46. The lowest BCUT2D eigenvalue weighted by Crippen LogP contribution is -2.17. The van der Waals surface area contributed by atoms with Gasteiger partial charge in [0.25, 0.3) is 5.24 Å². The van der Waals surface area contributed by atoms with Gasteiger partial charge in [-0.15, -0.1) is 12.4 Å². The summed E-state index contributed by atoms with van der Waals surface area (Å²) < 4.78 is 5.15. The zero-order valence-electron chi connectivity index (χ0n) is 9.01. The first-order valence-corrected chi connectivity index (χ1v) is 5.31. The molecule has 2 rings (SSSR count). The maximum absolute atomic E-state index is 10.5. The Labute approximate surface area is 111 Å². The number of nitrogens with zero attached hydrogens (tertiary/aromatic N) is 2. The van der Waals surface area contributed by atoms with Crippen molar-refractivity contribution in [3.63, 3.8) is 0 Å². The number of carbonyl (C=O) groups is 1. The van der Waals surface area contributed by atoms with Crippen LogP contribution in [-0.2, 0) is 4.79 Å². The summed E-state index contributed by atoms with van der Waals surface area (Å²) >= 11 is 5.17. The van der Waals surface area contributed by atoms with Gasteiger partial charge in [-0.3, -0.25) is 9.79 Å². The summed E-state index contributed by atoms with van der Waals surface area (Å²) in [6.45, 7) is 1.63. The number of ether oxygens (including phenoxy) is 1. The van der Waals surface area contributed by atoms with Crippen molar-refractivity contribution < 1.29 is 9.53 Å². The number of aliphatic imine (C=N–C) groups is 1. The van der Waals surface area contributed by atoms with Gasteiger partial charge in [-0.25, -0.2) is 0 Å². The predicted molar refractivity (Wildman–Crippen MR) is 70.8 cm³/mol. The third-order valence-corrected chi connectivity index (χ3v) is 2.32. The Morgan fingerprint density at radius 3 is 2.65 bits per heavy atom. The van der Waals surface area contributed by atoms with E-state index >= 15 is 0 Å². The van der Waals surface area contributed by atoms with Crippen LogP contribution in [0.1, 0.15) is 0 Å². The van der Waals surface area contributed by atoms with E-state index in [1.54, 1.807) is 12.1 Å². The number of rotatable bonds is 4. The van der Waals surface area contributed by atoms with E-state index in [9.17, 15) is 4.79 Å². The van der Waals surface area contributed by atoms with Crippen LogP contribution < -0.4 is 9.64 Å². The van der Waals surface area contributed by atoms with E-state index in [0.717, 1.165) is 18.8 Å². The van der Waals surface area contributed by atoms with E-state index < -0.39 is 5.24 Å². The van der Waals surface area contributed by atoms with Gasteiger partial charge in [-0.05, 0) is 35.9 Å². The molecule has 0 radical (unpaired) electrons. The topological polar surface area (TPSA) is 41.9 Å². The molecule has 1 aromatic carbocycles. The number of hydrogen-bond acceptors (Lipinski definition) is 4. The maximum Gasteiger partial charge on any atom is 0.259 e. The SMILES string of the molecule is Cl.O=C(Cl)COc1ccc(N2C=NCC2)cc1. The molecule has 0 N–H and O–H groups in total. The van der Waals surface area contributed by atoms with Crippen LogP contribution in [0.4, 0.5) is 5.69 Å². The summed E-state index contributed by atoms with van der Waals surface area (Å²) in [5.41, 5.74) is 1.06. The molecule has 0 unspecified atom stereocenters. The van der Waals surface area contributed by atoms with Gasteiger partial charge in [-0.2, -0.15) is 0 Å². The Balaban J connectivity index is 0.00000144. The predicted octanol–water partition coefficient (Wildman–Crippen LogP) is 2.10. The molecule has 92 valence electrons. The highest BCUT2D eigenvalue weighted by Crippen LogP contribution is 2.19. The summed E-state index contributed by atoms with van der Waals surface area (Å²) in [6.07, 6.45) is 1.82. The van der Waals surface area contributed by atoms with Crippen molar-refractivity contribution >= 4 is 41.3 Å². The van der Waals surface area contributed by atoms with E-state index in [1.165, 1.54) is 0 Å². The minimum absolute atomic E-state index is 0. The van der Waals surface area contributed by atoms with Gasteiger partial charge in [0.2, 0.25) is 0 Å². The van der Waals surface area contributed by atoms with Crippen LogP contribution in [0.3, 0.4) is 0 Å². The van der Waals surface area contributed by atoms with Crippen LogP contribution in [0.2, 0.25) is 0 Å². The van der Waals surface area contributed by atoms with Gasteiger partial charge >= 0.3 is 0 Å². The van der Waals surface area contributed by atoms with Crippen molar-refractivity contribution in [2.75, 3.05) is 24.6 Å². The zero-order valence-corrected chi connectivity index (χ0v) is 10.6. The Hall–Kier alpha value is -1.26. The number of halogens is 2. The Morgan fingerprint density at radius 2 is 2.12 bits per heavy atom. The molecule has 0 aliphatic carbocycles. The average molecular weight is 275 g/mol. The second-order valence-corrected chi connectivity index (χ2v) is 3.77. The third kappa shape index (κ3) is 3.91. The first kappa shape index (κ1) is 13.8. The standard InChI is InChI=1S/C11H11ClN2O2.ClH/c12-11(15)7-16-10-3-1-9(2-4-10)14-6-5-13-8-14;/h1-4,8H,5-7H2;1H. The molecule has 0 fully saturated rings. The van der Waals surface area contributed by atoms with Crippen LogP contribution in [0.25, 0.3) is 0 Å². The van der Waals surface area contributed by atoms with Crippen LogP contribution in [0.5, 0.6) is 5.75 Å². The Kier molecular flexibility index (Phi) is 5.25. The monoisotopic (exact) mass is 274 g/mol. The Bertz CT molecular complexity index is 406. The number of benzene rings is 1. The highest BCUT2D eigenvalue weighted by Gasteiger charge is 2.07. The average Bonchev–Trinajstić information content (AvgIpc) is 2.80. The molecule has 1 heterocycles. The van der Waals surface area contributed by atoms with Crippen LogP contribution >= 0.6 is 24.0 Å². The molecule has 0 bridgehead atoms. The lowest BCUT2D eigenvalue weighted by molar-refractivity contribution is -0.113. The van der Waals surface area contributed by atoms with E-state index in [1.807, 2.05) is 18.5 Å². The van der Waals surface area contributed by atoms with Crippen molar-refractivity contribution in [3.8, 4) is 5.75 Å². The molecule has 0 saturated carbocycles. The van der Waals surface area contributed by atoms with E-state index in [4.69, 9.17) is 16.3 Å². The highest BCUT2D eigenvalue weighted by molar-refractivity contribution is 6.63. The smallest absolute Gasteiger partial charge is 0.259 e. The summed E-state index contributed by atoms with van der Waals surface area (Å²) in [5.74, 6) is 0.633. The fourth-order valence-electron chi connectivity index (χ4n) is 1.45. The number of carbonyl (C=O) groups excluding carboxylic acids is 1. The van der Waals surface area contributed by atoms with E-state index in [-0.39, 0.29) is 19.0 Å². The zero-order chi connectivity index (χ0) is 11.4. The molecular weight excluding hydrogens is 263 g/mol. The van der Waals surface area contributed by atoms with Gasteiger partial charge in [0.15, 0.2) is 6.61 Å². The molecular formula is C11H12Cl2N2O2. The lowest BCUT2D eigenvalue weighted by Gasteiger charge is -2.14. The minimum Gasteiger partial charge on any atom is -0.484 e. The van der Waals surface area contributed by atoms with E-state index in [0.29, 0.717) is 5.75 Å². The van der Waals surface area contributed by atoms with Crippen molar-refractivity contribution in [2.45, 2.75) is 0 Å². The molecule has 0 saturated heterocycles. The molecule has 0 aromatic heterocycles. The summed E-state index contributed by atoms with van der Waals surface area (Å²) in [4.78, 5) is 16.7. The summed E-state index contributed by atoms with van der Waals surface area (Å²) in [5, 5.41) is -0.504. The largest absolute Gasteiger partial charge is 0.484 e. The molecule has 0 atom stereocenters. The number of anilines is 1. The van der Waals surface area contributed by atoms with Gasteiger partial charge in [0, 0.05) is 12.2 Å². The van der Waals surface area contributed by atoms with Crippen molar-refractivity contribution in [1.82, 2.24) is 0 Å². The molecule has 6 heteroatoms. The Morgan fingerprint density at radius 1 is 1.41 bits per heavy atom. The van der Waals surface area contributed by atoms with Gasteiger partial charge < -0.3 is 9.64 Å². The second-order valence-electron chi connectivity index (χ2n) is 3.35. The van der Waals surface area contributed by atoms with Gasteiger partial charge in [0.05, 0.1) is 12.9 Å². The molecule has 1 aromatic rings.